The lowest BCUT2D eigenvalue weighted by Gasteiger charge is -2.13. The molecule has 18 heavy (non-hydrogen) atoms. The first-order chi connectivity index (χ1) is 7.78. The van der Waals surface area contributed by atoms with E-state index in [0.29, 0.717) is 5.56 Å². The third kappa shape index (κ3) is 6.02. The van der Waals surface area contributed by atoms with Crippen LogP contribution in [0.5, 0.6) is 5.75 Å². The molecule has 0 aliphatic heterocycles. The van der Waals surface area contributed by atoms with Gasteiger partial charge in [-0.15, -0.1) is 25.6 Å². The summed E-state index contributed by atoms with van der Waals surface area (Å²) in [4.78, 5) is 0. The summed E-state index contributed by atoms with van der Waals surface area (Å²) in [6.45, 7) is 0. The summed E-state index contributed by atoms with van der Waals surface area (Å²) in [5, 5.41) is 0. The van der Waals surface area contributed by atoms with Crippen LogP contribution in [0.1, 0.15) is 18.0 Å². The van der Waals surface area contributed by atoms with Gasteiger partial charge >= 0.3 is 6.36 Å². The first kappa shape index (κ1) is 16.9. The maximum Gasteiger partial charge on any atom is 0.573 e. The van der Waals surface area contributed by atoms with E-state index >= 15 is 0 Å². The number of rotatable bonds is 4. The van der Waals surface area contributed by atoms with Crippen LogP contribution < -0.4 is 10.5 Å². The van der Waals surface area contributed by atoms with Crippen molar-refractivity contribution in [3.8, 4) is 5.75 Å². The predicted octanol–water partition coefficient (Wildman–Crippen LogP) is 3.66. The molecular weight excluding hydrogens is 281 g/mol. The molecule has 0 aromatic heterocycles. The van der Waals surface area contributed by atoms with Gasteiger partial charge in [-0.3, -0.25) is 0 Å². The van der Waals surface area contributed by atoms with Crippen molar-refractivity contribution in [3.63, 3.8) is 0 Å². The van der Waals surface area contributed by atoms with Gasteiger partial charge in [0.1, 0.15) is 5.75 Å². The van der Waals surface area contributed by atoms with Crippen LogP contribution in [0.2, 0.25) is 0 Å². The zero-order valence-electron chi connectivity index (χ0n) is 8.95. The van der Waals surface area contributed by atoms with Crippen LogP contribution in [0.15, 0.2) is 24.3 Å². The van der Waals surface area contributed by atoms with Gasteiger partial charge < -0.3 is 10.5 Å². The highest BCUT2D eigenvalue weighted by molar-refractivity contribution is 5.85. The van der Waals surface area contributed by atoms with Gasteiger partial charge in [0, 0.05) is 12.5 Å². The maximum atomic E-state index is 12.0. The van der Waals surface area contributed by atoms with E-state index in [0.717, 1.165) is 12.1 Å². The lowest BCUT2D eigenvalue weighted by molar-refractivity contribution is -0.274. The van der Waals surface area contributed by atoms with Gasteiger partial charge in [-0.25, -0.2) is 8.78 Å². The fraction of sp³-hybridized carbons (Fsp3) is 0.400. The number of alkyl halides is 5. The summed E-state index contributed by atoms with van der Waals surface area (Å²) in [6, 6.07) is 3.62. The molecule has 0 saturated heterocycles. The fourth-order valence-electron chi connectivity index (χ4n) is 1.24. The molecule has 0 amide bonds. The van der Waals surface area contributed by atoms with Crippen LogP contribution >= 0.6 is 12.4 Å². The minimum absolute atomic E-state index is 0. The van der Waals surface area contributed by atoms with Crippen molar-refractivity contribution in [1.29, 1.82) is 0 Å². The molecule has 8 heteroatoms. The fourth-order valence-corrected chi connectivity index (χ4v) is 1.24. The Hall–Kier alpha value is -1.08. The lowest BCUT2D eigenvalue weighted by Crippen LogP contribution is -2.17. The number of halogens is 6. The molecule has 1 atom stereocenters. The van der Waals surface area contributed by atoms with Crippen LogP contribution in [0.25, 0.3) is 0 Å². The second kappa shape index (κ2) is 6.75. The van der Waals surface area contributed by atoms with E-state index in [1.165, 1.54) is 12.1 Å². The Morgan fingerprint density at radius 1 is 1.11 bits per heavy atom. The second-order valence-corrected chi connectivity index (χ2v) is 3.35. The average molecular weight is 292 g/mol. The Kier molecular flexibility index (Phi) is 6.34. The van der Waals surface area contributed by atoms with Gasteiger partial charge in [-0.2, -0.15) is 0 Å². The summed E-state index contributed by atoms with van der Waals surface area (Å²) in [6.07, 6.45) is -7.87. The predicted molar refractivity (Wildman–Crippen MR) is 57.9 cm³/mol. The number of nitrogens with two attached hydrogens (primary N) is 1. The van der Waals surface area contributed by atoms with E-state index in [-0.39, 0.29) is 12.4 Å². The van der Waals surface area contributed by atoms with Gasteiger partial charge in [0.05, 0.1) is 0 Å². The zero-order chi connectivity index (χ0) is 13.1. The second-order valence-electron chi connectivity index (χ2n) is 3.35. The smallest absolute Gasteiger partial charge is 0.406 e. The first-order valence-corrected chi connectivity index (χ1v) is 4.67. The average Bonchev–Trinajstić information content (AvgIpc) is 2.15. The molecule has 0 heterocycles. The monoisotopic (exact) mass is 291 g/mol. The minimum Gasteiger partial charge on any atom is -0.406 e. The van der Waals surface area contributed by atoms with Crippen LogP contribution in [-0.2, 0) is 0 Å². The van der Waals surface area contributed by atoms with Gasteiger partial charge in [0.2, 0.25) is 6.43 Å². The Morgan fingerprint density at radius 3 is 2.00 bits per heavy atom. The zero-order valence-corrected chi connectivity index (χ0v) is 9.77. The SMILES string of the molecule is Cl.N[C@H](CC(F)F)c1ccc(OC(F)(F)F)cc1. The van der Waals surface area contributed by atoms with E-state index in [4.69, 9.17) is 5.73 Å². The number of hydrogen-bond donors (Lipinski definition) is 1. The van der Waals surface area contributed by atoms with Crippen LogP contribution in [0, 0.1) is 0 Å². The highest BCUT2D eigenvalue weighted by Crippen LogP contribution is 2.25. The van der Waals surface area contributed by atoms with Gasteiger partial charge in [0.25, 0.3) is 0 Å². The number of hydrogen-bond acceptors (Lipinski definition) is 2. The van der Waals surface area contributed by atoms with E-state index in [1.54, 1.807) is 0 Å². The summed E-state index contributed by atoms with van der Waals surface area (Å²) in [5.41, 5.74) is 5.76. The molecular formula is C10H11ClF5NO. The number of benzene rings is 1. The largest absolute Gasteiger partial charge is 0.573 e. The third-order valence-corrected chi connectivity index (χ3v) is 1.97. The summed E-state index contributed by atoms with van der Waals surface area (Å²) in [5.74, 6) is -0.412. The topological polar surface area (TPSA) is 35.2 Å². The molecule has 104 valence electrons. The highest BCUT2D eigenvalue weighted by Gasteiger charge is 2.31. The molecule has 1 aromatic carbocycles. The molecule has 0 fully saturated rings. The molecule has 0 aliphatic rings. The molecule has 0 saturated carbocycles. The summed E-state index contributed by atoms with van der Waals surface area (Å²) < 4.78 is 63.1. The molecule has 1 rings (SSSR count). The Morgan fingerprint density at radius 2 is 1.61 bits per heavy atom. The molecule has 0 bridgehead atoms. The van der Waals surface area contributed by atoms with Crippen LogP contribution in [-0.4, -0.2) is 12.8 Å². The van der Waals surface area contributed by atoms with Crippen molar-refractivity contribution < 1.29 is 26.7 Å². The van der Waals surface area contributed by atoms with Crippen molar-refractivity contribution in [3.05, 3.63) is 29.8 Å². The molecule has 0 spiro atoms. The van der Waals surface area contributed by atoms with E-state index in [1.807, 2.05) is 0 Å². The highest BCUT2D eigenvalue weighted by atomic mass is 35.5. The first-order valence-electron chi connectivity index (χ1n) is 4.67. The molecule has 0 radical (unpaired) electrons. The van der Waals surface area contributed by atoms with Crippen molar-refractivity contribution in [2.75, 3.05) is 0 Å². The molecule has 2 N–H and O–H groups in total. The van der Waals surface area contributed by atoms with Crippen LogP contribution in [0.4, 0.5) is 22.0 Å². The van der Waals surface area contributed by atoms with Crippen molar-refractivity contribution in [1.82, 2.24) is 0 Å². The molecule has 1 aromatic rings. The summed E-state index contributed by atoms with van der Waals surface area (Å²) >= 11 is 0. The Balaban J connectivity index is 0.00000289. The van der Waals surface area contributed by atoms with Crippen molar-refractivity contribution in [2.24, 2.45) is 5.73 Å². The summed E-state index contributed by atoms with van der Waals surface area (Å²) in [7, 11) is 0. The van der Waals surface area contributed by atoms with Crippen molar-refractivity contribution >= 4 is 12.4 Å². The standard InChI is InChI=1S/C10H10F5NO.ClH/c11-9(12)5-8(16)6-1-3-7(4-2-6)17-10(13,14)15;/h1-4,8-9H,5,16H2;1H/t8-;/m1./s1. The van der Waals surface area contributed by atoms with Crippen LogP contribution in [0.3, 0.4) is 0 Å². The van der Waals surface area contributed by atoms with E-state index in [9.17, 15) is 22.0 Å². The molecule has 0 aliphatic carbocycles. The minimum atomic E-state index is -4.77. The quantitative estimate of drug-likeness (QED) is 0.859. The maximum absolute atomic E-state index is 12.0. The van der Waals surface area contributed by atoms with E-state index in [2.05, 4.69) is 4.74 Å². The molecule has 2 nitrogen and oxygen atoms in total. The van der Waals surface area contributed by atoms with Gasteiger partial charge in [0.15, 0.2) is 0 Å². The lowest BCUT2D eigenvalue weighted by atomic mass is 10.1. The Labute approximate surface area is 106 Å². The van der Waals surface area contributed by atoms with E-state index < -0.39 is 31.0 Å². The normalized spacial score (nSPS) is 13.1. The van der Waals surface area contributed by atoms with Crippen molar-refractivity contribution in [2.45, 2.75) is 25.3 Å². The molecule has 0 unspecified atom stereocenters. The third-order valence-electron chi connectivity index (χ3n) is 1.97. The Bertz CT molecular complexity index is 354. The van der Waals surface area contributed by atoms with Gasteiger partial charge in [-0.05, 0) is 17.7 Å². The van der Waals surface area contributed by atoms with Gasteiger partial charge in [-0.1, -0.05) is 12.1 Å². The number of ether oxygens (including phenoxy) is 1.